The third-order valence-electron chi connectivity index (χ3n) is 2.74. The summed E-state index contributed by atoms with van der Waals surface area (Å²) in [5, 5.41) is 8.89. The number of halogens is 1. The van der Waals surface area contributed by atoms with Gasteiger partial charge in [-0.1, -0.05) is 11.6 Å². The average Bonchev–Trinajstić information content (AvgIpc) is 2.39. The quantitative estimate of drug-likeness (QED) is 0.782. The SMILES string of the molecule is CNC(=O)c1ccc(Cl)c(NC(=O)CCNC(C)(C)C)c1. The fraction of sp³-hybridized carbons (Fsp3) is 0.467. The largest absolute Gasteiger partial charge is 0.355 e. The molecule has 0 aliphatic carbocycles. The van der Waals surface area contributed by atoms with Gasteiger partial charge in [0, 0.05) is 31.1 Å². The van der Waals surface area contributed by atoms with Crippen LogP contribution in [0, 0.1) is 0 Å². The number of benzene rings is 1. The Morgan fingerprint density at radius 1 is 1.24 bits per heavy atom. The van der Waals surface area contributed by atoms with E-state index in [1.165, 1.54) is 0 Å². The van der Waals surface area contributed by atoms with Crippen LogP contribution in [-0.2, 0) is 4.79 Å². The number of amides is 2. The standard InChI is InChI=1S/C15H22ClN3O2/c1-15(2,3)18-8-7-13(20)19-12-9-10(14(21)17-4)5-6-11(12)16/h5-6,9,18H,7-8H2,1-4H3,(H,17,21)(H,19,20). The Labute approximate surface area is 130 Å². The first-order valence-corrected chi connectivity index (χ1v) is 7.17. The monoisotopic (exact) mass is 311 g/mol. The number of carbonyl (C=O) groups excluding carboxylic acids is 2. The molecule has 1 rings (SSSR count). The van der Waals surface area contributed by atoms with Gasteiger partial charge in [0.05, 0.1) is 10.7 Å². The fourth-order valence-corrected chi connectivity index (χ4v) is 1.84. The van der Waals surface area contributed by atoms with Gasteiger partial charge in [-0.25, -0.2) is 0 Å². The maximum atomic E-state index is 11.9. The number of hydrogen-bond acceptors (Lipinski definition) is 3. The second-order valence-corrected chi connectivity index (χ2v) is 6.16. The molecule has 6 heteroatoms. The number of rotatable bonds is 5. The van der Waals surface area contributed by atoms with Gasteiger partial charge in [0.2, 0.25) is 5.91 Å². The lowest BCUT2D eigenvalue weighted by Crippen LogP contribution is -2.37. The normalized spacial score (nSPS) is 11.1. The Morgan fingerprint density at radius 3 is 2.48 bits per heavy atom. The summed E-state index contributed by atoms with van der Waals surface area (Å²) in [4.78, 5) is 23.5. The molecule has 0 radical (unpaired) electrons. The van der Waals surface area contributed by atoms with Crippen LogP contribution in [0.4, 0.5) is 5.69 Å². The van der Waals surface area contributed by atoms with Crippen LogP contribution in [0.25, 0.3) is 0 Å². The zero-order chi connectivity index (χ0) is 16.0. The van der Waals surface area contributed by atoms with E-state index in [1.807, 2.05) is 20.8 Å². The number of nitrogens with one attached hydrogen (secondary N) is 3. The third-order valence-corrected chi connectivity index (χ3v) is 3.07. The second-order valence-electron chi connectivity index (χ2n) is 5.75. The molecule has 0 spiro atoms. The summed E-state index contributed by atoms with van der Waals surface area (Å²) in [5.41, 5.74) is 0.861. The molecule has 0 saturated heterocycles. The molecule has 0 aromatic heterocycles. The van der Waals surface area contributed by atoms with Gasteiger partial charge < -0.3 is 16.0 Å². The molecule has 0 unspecified atom stereocenters. The molecule has 0 aliphatic heterocycles. The smallest absolute Gasteiger partial charge is 0.251 e. The highest BCUT2D eigenvalue weighted by Gasteiger charge is 2.12. The second kappa shape index (κ2) is 7.43. The maximum absolute atomic E-state index is 11.9. The van der Waals surface area contributed by atoms with E-state index in [1.54, 1.807) is 25.2 Å². The van der Waals surface area contributed by atoms with Crippen molar-refractivity contribution in [2.45, 2.75) is 32.7 Å². The van der Waals surface area contributed by atoms with E-state index in [9.17, 15) is 9.59 Å². The Kier molecular flexibility index (Phi) is 6.18. The van der Waals surface area contributed by atoms with Crippen LogP contribution in [0.2, 0.25) is 5.02 Å². The lowest BCUT2D eigenvalue weighted by Gasteiger charge is -2.20. The Morgan fingerprint density at radius 2 is 1.90 bits per heavy atom. The van der Waals surface area contributed by atoms with Crippen LogP contribution in [-0.4, -0.2) is 30.9 Å². The maximum Gasteiger partial charge on any atom is 0.251 e. The molecule has 1 aromatic carbocycles. The molecule has 0 fully saturated rings. The summed E-state index contributed by atoms with van der Waals surface area (Å²) in [5.74, 6) is -0.376. The van der Waals surface area contributed by atoms with Gasteiger partial charge in [-0.2, -0.15) is 0 Å². The van der Waals surface area contributed by atoms with E-state index in [0.29, 0.717) is 29.2 Å². The zero-order valence-electron chi connectivity index (χ0n) is 12.8. The Bertz CT molecular complexity index is 524. The summed E-state index contributed by atoms with van der Waals surface area (Å²) in [6.45, 7) is 6.68. The predicted molar refractivity (Wildman–Crippen MR) is 85.8 cm³/mol. The van der Waals surface area contributed by atoms with Gasteiger partial charge >= 0.3 is 0 Å². The van der Waals surface area contributed by atoms with Crippen LogP contribution in [0.1, 0.15) is 37.6 Å². The van der Waals surface area contributed by atoms with Gasteiger partial charge in [0.1, 0.15) is 0 Å². The number of carbonyl (C=O) groups is 2. The zero-order valence-corrected chi connectivity index (χ0v) is 13.6. The van der Waals surface area contributed by atoms with E-state index < -0.39 is 0 Å². The van der Waals surface area contributed by atoms with Crippen molar-refractivity contribution in [1.29, 1.82) is 0 Å². The topological polar surface area (TPSA) is 70.2 Å². The molecule has 2 amide bonds. The van der Waals surface area contributed by atoms with E-state index in [-0.39, 0.29) is 17.4 Å². The average molecular weight is 312 g/mol. The summed E-state index contributed by atoms with van der Waals surface area (Å²) in [6, 6.07) is 4.77. The van der Waals surface area contributed by atoms with Crippen molar-refractivity contribution < 1.29 is 9.59 Å². The molecule has 0 saturated carbocycles. The predicted octanol–water partition coefficient (Wildman–Crippen LogP) is 2.42. The number of anilines is 1. The molecular formula is C15H22ClN3O2. The van der Waals surface area contributed by atoms with Gasteiger partial charge in [0.15, 0.2) is 0 Å². The van der Waals surface area contributed by atoms with Crippen molar-refractivity contribution in [3.63, 3.8) is 0 Å². The highest BCUT2D eigenvalue weighted by Crippen LogP contribution is 2.23. The first-order valence-electron chi connectivity index (χ1n) is 6.79. The van der Waals surface area contributed by atoms with Crippen molar-refractivity contribution in [2.75, 3.05) is 18.9 Å². The van der Waals surface area contributed by atoms with Gasteiger partial charge in [0.25, 0.3) is 5.91 Å². The van der Waals surface area contributed by atoms with E-state index in [0.717, 1.165) is 0 Å². The van der Waals surface area contributed by atoms with Crippen molar-refractivity contribution in [2.24, 2.45) is 0 Å². The minimum absolute atomic E-state index is 0.0307. The lowest BCUT2D eigenvalue weighted by molar-refractivity contribution is -0.116. The van der Waals surface area contributed by atoms with Crippen molar-refractivity contribution in [3.05, 3.63) is 28.8 Å². The molecular weight excluding hydrogens is 290 g/mol. The van der Waals surface area contributed by atoms with Crippen LogP contribution < -0.4 is 16.0 Å². The highest BCUT2D eigenvalue weighted by atomic mass is 35.5. The van der Waals surface area contributed by atoms with Crippen LogP contribution in [0.15, 0.2) is 18.2 Å². The van der Waals surface area contributed by atoms with Crippen LogP contribution in [0.5, 0.6) is 0 Å². The van der Waals surface area contributed by atoms with E-state index in [2.05, 4.69) is 16.0 Å². The molecule has 1 aromatic rings. The highest BCUT2D eigenvalue weighted by molar-refractivity contribution is 6.33. The van der Waals surface area contributed by atoms with Crippen LogP contribution in [0.3, 0.4) is 0 Å². The molecule has 0 heterocycles. The lowest BCUT2D eigenvalue weighted by atomic mass is 10.1. The first-order chi connectivity index (χ1) is 9.73. The van der Waals surface area contributed by atoms with Gasteiger partial charge in [-0.15, -0.1) is 0 Å². The molecule has 0 atom stereocenters. The van der Waals surface area contributed by atoms with Gasteiger partial charge in [-0.05, 0) is 39.0 Å². The molecule has 3 N–H and O–H groups in total. The van der Waals surface area contributed by atoms with E-state index >= 15 is 0 Å². The summed E-state index contributed by atoms with van der Waals surface area (Å²) in [6.07, 6.45) is 0.331. The van der Waals surface area contributed by atoms with Crippen molar-refractivity contribution in [3.8, 4) is 0 Å². The summed E-state index contributed by atoms with van der Waals surface area (Å²) in [7, 11) is 1.55. The van der Waals surface area contributed by atoms with Crippen LogP contribution >= 0.6 is 11.6 Å². The van der Waals surface area contributed by atoms with Gasteiger partial charge in [-0.3, -0.25) is 9.59 Å². The molecule has 5 nitrogen and oxygen atoms in total. The Balaban J connectivity index is 2.65. The molecule has 21 heavy (non-hydrogen) atoms. The third kappa shape index (κ3) is 6.14. The molecule has 0 aliphatic rings. The van der Waals surface area contributed by atoms with E-state index in [4.69, 9.17) is 11.6 Å². The minimum atomic E-state index is -0.225. The number of hydrogen-bond donors (Lipinski definition) is 3. The molecule has 116 valence electrons. The molecule has 0 bridgehead atoms. The van der Waals surface area contributed by atoms with Crippen molar-refractivity contribution >= 4 is 29.1 Å². The minimum Gasteiger partial charge on any atom is -0.355 e. The summed E-state index contributed by atoms with van der Waals surface area (Å²) >= 11 is 6.03. The fourth-order valence-electron chi connectivity index (χ4n) is 1.67. The first kappa shape index (κ1) is 17.5. The van der Waals surface area contributed by atoms with Crippen molar-refractivity contribution in [1.82, 2.24) is 10.6 Å². The summed E-state index contributed by atoms with van der Waals surface area (Å²) < 4.78 is 0. The Hall–Kier alpha value is -1.59.